The number of hydrogen-bond donors (Lipinski definition) is 1. The van der Waals surface area contributed by atoms with Crippen molar-refractivity contribution in [2.45, 2.75) is 0 Å². The number of carboxylic acids is 1. The lowest BCUT2D eigenvalue weighted by atomic mass is 10.7. The highest BCUT2D eigenvalue weighted by atomic mass is 32.2. The van der Waals surface area contributed by atoms with Gasteiger partial charge in [0.2, 0.25) is 10.0 Å². The van der Waals surface area contributed by atoms with E-state index in [1.807, 2.05) is 0 Å². The first-order valence-electron chi connectivity index (χ1n) is 2.02. The summed E-state index contributed by atoms with van der Waals surface area (Å²) in [6.07, 6.45) is 0.843. The number of nitrogens with zero attached hydrogens (tertiary/aromatic N) is 1. The molecule has 53 valence electrons. The molecule has 9 heavy (non-hydrogen) atoms. The van der Waals surface area contributed by atoms with E-state index in [1.54, 1.807) is 0 Å². The monoisotopic (exact) mass is 152 g/mol. The molecule has 5 nitrogen and oxygen atoms in total. The Balaban J connectivity index is 3.67. The molecule has 0 saturated carbocycles. The summed E-state index contributed by atoms with van der Waals surface area (Å²) in [5.41, 5.74) is 0. The van der Waals surface area contributed by atoms with E-state index in [4.69, 9.17) is 5.11 Å². The fraction of sp³-hybridized carbons (Fsp3) is 0.667. The number of carbonyl (C=O) groups is 1. The number of aliphatic carboxylic acids is 1. The maximum absolute atomic E-state index is 10.1. The van der Waals surface area contributed by atoms with Crippen LogP contribution in [-0.4, -0.2) is 32.3 Å². The van der Waals surface area contributed by atoms with Crippen LogP contribution in [0, 0.1) is 0 Å². The van der Waals surface area contributed by atoms with Gasteiger partial charge in [-0.25, -0.2) is 8.42 Å². The van der Waals surface area contributed by atoms with Crippen LogP contribution in [-0.2, 0) is 14.8 Å². The predicted octanol–water partition coefficient (Wildman–Crippen LogP) is -1.36. The van der Waals surface area contributed by atoms with E-state index in [0.717, 1.165) is 6.26 Å². The van der Waals surface area contributed by atoms with Crippen LogP contribution in [0.15, 0.2) is 0 Å². The topological polar surface area (TPSA) is 85.5 Å². The molecule has 1 radical (unpaired) electrons. The fourth-order valence-electron chi connectivity index (χ4n) is 0.172. The molecule has 0 bridgehead atoms. The molecule has 0 fully saturated rings. The molecule has 0 aliphatic carbocycles. The first-order valence-corrected chi connectivity index (χ1v) is 3.87. The van der Waals surface area contributed by atoms with Crippen molar-refractivity contribution in [2.75, 3.05) is 12.8 Å². The van der Waals surface area contributed by atoms with Crippen molar-refractivity contribution < 1.29 is 18.3 Å². The Morgan fingerprint density at radius 3 is 2.22 bits per heavy atom. The second-order valence-corrected chi connectivity index (χ2v) is 3.14. The maximum atomic E-state index is 10.1. The van der Waals surface area contributed by atoms with Crippen LogP contribution < -0.4 is 4.72 Å². The van der Waals surface area contributed by atoms with Gasteiger partial charge in [0, 0.05) is 0 Å². The van der Waals surface area contributed by atoms with Gasteiger partial charge in [-0.15, -0.1) is 4.72 Å². The minimum atomic E-state index is -3.48. The Morgan fingerprint density at radius 1 is 1.67 bits per heavy atom. The van der Waals surface area contributed by atoms with Crippen LogP contribution in [0.1, 0.15) is 0 Å². The largest absolute Gasteiger partial charge is 0.480 e. The van der Waals surface area contributed by atoms with Crippen LogP contribution in [0.2, 0.25) is 0 Å². The number of rotatable bonds is 3. The summed E-state index contributed by atoms with van der Waals surface area (Å²) in [4.78, 5) is 9.69. The zero-order chi connectivity index (χ0) is 7.49. The van der Waals surface area contributed by atoms with Gasteiger partial charge in [-0.3, -0.25) is 4.79 Å². The smallest absolute Gasteiger partial charge is 0.320 e. The zero-order valence-electron chi connectivity index (χ0n) is 4.73. The number of hydrogen-bond acceptors (Lipinski definition) is 3. The molecular formula is C3H6NO4S. The summed E-state index contributed by atoms with van der Waals surface area (Å²) >= 11 is 0. The molecule has 0 saturated heterocycles. The van der Waals surface area contributed by atoms with Crippen LogP contribution in [0.25, 0.3) is 0 Å². The van der Waals surface area contributed by atoms with Gasteiger partial charge in [-0.1, -0.05) is 0 Å². The van der Waals surface area contributed by atoms with E-state index < -0.39 is 22.5 Å². The number of sulfonamides is 1. The molecule has 1 N–H and O–H groups in total. The zero-order valence-corrected chi connectivity index (χ0v) is 5.55. The van der Waals surface area contributed by atoms with E-state index in [0.29, 0.717) is 0 Å². The van der Waals surface area contributed by atoms with Gasteiger partial charge >= 0.3 is 5.97 Å². The molecule has 0 rings (SSSR count). The molecule has 0 aromatic carbocycles. The van der Waals surface area contributed by atoms with Crippen LogP contribution in [0.3, 0.4) is 0 Å². The molecule has 6 heteroatoms. The molecule has 0 atom stereocenters. The summed E-state index contributed by atoms with van der Waals surface area (Å²) in [5.74, 6) is -1.25. The summed E-state index contributed by atoms with van der Waals surface area (Å²) in [5, 5.41) is 7.92. The summed E-state index contributed by atoms with van der Waals surface area (Å²) in [7, 11) is -3.48. The molecule has 0 aliphatic rings. The normalized spacial score (nSPS) is 11.2. The third kappa shape index (κ3) is 7.38. The molecular weight excluding hydrogens is 146 g/mol. The van der Waals surface area contributed by atoms with Crippen LogP contribution in [0.5, 0.6) is 0 Å². The molecule has 0 amide bonds. The van der Waals surface area contributed by atoms with Gasteiger partial charge in [0.25, 0.3) is 0 Å². The minimum absolute atomic E-state index is 0.682. The highest BCUT2D eigenvalue weighted by Crippen LogP contribution is 1.74. The third-order valence-corrected chi connectivity index (χ3v) is 1.03. The first-order chi connectivity index (χ1) is 3.92. The van der Waals surface area contributed by atoms with Crippen molar-refractivity contribution in [2.24, 2.45) is 0 Å². The van der Waals surface area contributed by atoms with Gasteiger partial charge < -0.3 is 5.11 Å². The Morgan fingerprint density at radius 2 is 2.11 bits per heavy atom. The lowest BCUT2D eigenvalue weighted by molar-refractivity contribution is -0.135. The molecule has 0 aromatic rings. The van der Waals surface area contributed by atoms with E-state index in [-0.39, 0.29) is 0 Å². The van der Waals surface area contributed by atoms with Crippen LogP contribution >= 0.6 is 0 Å². The molecule has 0 spiro atoms. The lowest BCUT2D eigenvalue weighted by Gasteiger charge is -1.90. The highest BCUT2D eigenvalue weighted by Gasteiger charge is 2.04. The number of carboxylic acid groups (broad SMARTS) is 1. The van der Waals surface area contributed by atoms with Gasteiger partial charge in [0.15, 0.2) is 0 Å². The van der Waals surface area contributed by atoms with Crippen molar-refractivity contribution in [3.8, 4) is 0 Å². The van der Waals surface area contributed by atoms with Crippen molar-refractivity contribution in [3.63, 3.8) is 0 Å². The summed E-state index contributed by atoms with van der Waals surface area (Å²) in [6, 6.07) is 0. The Bertz CT molecular complexity index is 194. The lowest BCUT2D eigenvalue weighted by Crippen LogP contribution is -2.21. The average molecular weight is 152 g/mol. The fourth-order valence-corrected chi connectivity index (χ4v) is 0.517. The van der Waals surface area contributed by atoms with Gasteiger partial charge in [-0.2, -0.15) is 0 Å². The second kappa shape index (κ2) is 2.79. The van der Waals surface area contributed by atoms with Crippen molar-refractivity contribution in [1.29, 1.82) is 0 Å². The predicted molar refractivity (Wildman–Crippen MR) is 29.5 cm³/mol. The van der Waals surface area contributed by atoms with E-state index in [2.05, 4.69) is 4.72 Å². The van der Waals surface area contributed by atoms with Gasteiger partial charge in [0.1, 0.15) is 6.54 Å². The Kier molecular flexibility index (Phi) is 2.60. The first kappa shape index (κ1) is 8.38. The van der Waals surface area contributed by atoms with Crippen molar-refractivity contribution >= 4 is 16.0 Å². The molecule has 0 unspecified atom stereocenters. The SMILES string of the molecule is CS(=O)(=O)[N]CC(=O)O. The average Bonchev–Trinajstić information content (AvgIpc) is 1.59. The van der Waals surface area contributed by atoms with Crippen molar-refractivity contribution in [3.05, 3.63) is 0 Å². The van der Waals surface area contributed by atoms with Crippen molar-refractivity contribution in [1.82, 2.24) is 4.72 Å². The maximum Gasteiger partial charge on any atom is 0.320 e. The van der Waals surface area contributed by atoms with E-state index in [1.165, 1.54) is 0 Å². The van der Waals surface area contributed by atoms with Crippen LogP contribution in [0.4, 0.5) is 0 Å². The molecule has 0 heterocycles. The highest BCUT2D eigenvalue weighted by molar-refractivity contribution is 7.88. The standard InChI is InChI=1S/C3H6NO4S/c1-9(7,8)4-2-3(5)6/h2H2,1H3,(H,5,6). The quantitative estimate of drug-likeness (QED) is 0.541. The Hall–Kier alpha value is -0.620. The second-order valence-electron chi connectivity index (χ2n) is 1.41. The Labute approximate surface area is 52.7 Å². The minimum Gasteiger partial charge on any atom is -0.480 e. The van der Waals surface area contributed by atoms with Gasteiger partial charge in [-0.05, 0) is 0 Å². The molecule has 0 aliphatic heterocycles. The van der Waals surface area contributed by atoms with E-state index in [9.17, 15) is 13.2 Å². The van der Waals surface area contributed by atoms with E-state index >= 15 is 0 Å². The van der Waals surface area contributed by atoms with Gasteiger partial charge in [0.05, 0.1) is 6.26 Å². The third-order valence-electron chi connectivity index (χ3n) is 0.434. The summed E-state index contributed by atoms with van der Waals surface area (Å²) in [6.45, 7) is -0.682. The molecule has 0 aromatic heterocycles. The summed E-state index contributed by atoms with van der Waals surface area (Å²) < 4.78 is 23.0.